The average Bonchev–Trinajstić information content (AvgIpc) is 2.91. The van der Waals surface area contributed by atoms with E-state index in [0.29, 0.717) is 16.5 Å². The summed E-state index contributed by atoms with van der Waals surface area (Å²) < 4.78 is 66.0. The van der Waals surface area contributed by atoms with Gasteiger partial charge >= 0.3 is 0 Å². The number of nitrogens with zero attached hydrogens (tertiary/aromatic N) is 2. The SMILES string of the molecule is O=c1ccc(=NNc2ccc(S(=O)(=O)O)c3ccccc23)c(=O)c1=NNc1ccc(S(=O)(=O)O)c2ccccc12.[Na].[Na]. The molecule has 0 aromatic heterocycles. The first-order valence-electron chi connectivity index (χ1n) is 11.4. The molecule has 42 heavy (non-hydrogen) atoms. The molecule has 0 saturated heterocycles. The van der Waals surface area contributed by atoms with E-state index in [1.807, 2.05) is 0 Å². The number of fused-ring (bicyclic) bond motifs is 2. The van der Waals surface area contributed by atoms with Gasteiger partial charge in [-0.15, -0.1) is 0 Å². The minimum Gasteiger partial charge on any atom is -0.287 e. The van der Waals surface area contributed by atoms with Crippen molar-refractivity contribution in [2.75, 3.05) is 10.9 Å². The minimum atomic E-state index is -4.51. The fourth-order valence-electron chi connectivity index (χ4n) is 4.16. The molecule has 16 heteroatoms. The van der Waals surface area contributed by atoms with Crippen molar-refractivity contribution in [3.63, 3.8) is 0 Å². The number of rotatable bonds is 6. The van der Waals surface area contributed by atoms with E-state index in [0.717, 1.165) is 6.07 Å². The van der Waals surface area contributed by atoms with Gasteiger partial charge in [0.2, 0.25) is 10.9 Å². The van der Waals surface area contributed by atoms with Gasteiger partial charge in [0.05, 0.1) is 11.4 Å². The quantitative estimate of drug-likeness (QED) is 0.121. The van der Waals surface area contributed by atoms with Gasteiger partial charge in [-0.05, 0) is 36.4 Å². The second-order valence-electron chi connectivity index (χ2n) is 8.47. The van der Waals surface area contributed by atoms with Crippen molar-refractivity contribution in [1.82, 2.24) is 0 Å². The summed E-state index contributed by atoms with van der Waals surface area (Å²) in [5.74, 6) is 0. The molecule has 0 saturated carbocycles. The topological polar surface area (TPSA) is 192 Å². The maximum atomic E-state index is 13.0. The molecule has 0 aliphatic carbocycles. The molecule has 5 aromatic rings. The Balaban J connectivity index is 0.00000242. The summed E-state index contributed by atoms with van der Waals surface area (Å²) in [7, 11) is -8.99. The van der Waals surface area contributed by atoms with Crippen LogP contribution in [0.5, 0.6) is 0 Å². The van der Waals surface area contributed by atoms with Gasteiger partial charge in [0.25, 0.3) is 20.2 Å². The van der Waals surface area contributed by atoms with Crippen LogP contribution in [0.4, 0.5) is 11.4 Å². The Kier molecular flexibility index (Phi) is 10.7. The van der Waals surface area contributed by atoms with Gasteiger partial charge in [0, 0.05) is 80.7 Å². The zero-order valence-corrected chi connectivity index (χ0v) is 27.8. The van der Waals surface area contributed by atoms with E-state index in [1.165, 1.54) is 42.5 Å². The predicted molar refractivity (Wildman–Crippen MR) is 159 cm³/mol. The van der Waals surface area contributed by atoms with Gasteiger partial charge in [-0.1, -0.05) is 48.5 Å². The molecular weight excluding hydrogens is 606 g/mol. The number of benzene rings is 5. The average molecular weight is 625 g/mol. The normalized spacial score (nSPS) is 12.5. The summed E-state index contributed by atoms with van der Waals surface area (Å²) in [4.78, 5) is 24.9. The summed E-state index contributed by atoms with van der Waals surface area (Å²) in [5, 5.41) is 8.56. The Morgan fingerprint density at radius 1 is 0.548 bits per heavy atom. The van der Waals surface area contributed by atoms with E-state index in [9.17, 15) is 35.5 Å². The van der Waals surface area contributed by atoms with Gasteiger partial charge in [-0.2, -0.15) is 27.0 Å². The molecule has 12 nitrogen and oxygen atoms in total. The molecule has 0 fully saturated rings. The van der Waals surface area contributed by atoms with Crippen LogP contribution >= 0.6 is 0 Å². The molecule has 0 unspecified atom stereocenters. The van der Waals surface area contributed by atoms with Gasteiger partial charge in [-0.3, -0.25) is 29.5 Å². The van der Waals surface area contributed by atoms with Crippen LogP contribution in [0.1, 0.15) is 0 Å². The molecule has 4 N–H and O–H groups in total. The summed E-state index contributed by atoms with van der Waals surface area (Å²) in [6, 6.07) is 20.0. The molecule has 0 aliphatic heterocycles. The van der Waals surface area contributed by atoms with E-state index in [-0.39, 0.29) is 90.7 Å². The Morgan fingerprint density at radius 2 is 0.976 bits per heavy atom. The number of hydrogen-bond donors (Lipinski definition) is 4. The molecule has 0 bridgehead atoms. The van der Waals surface area contributed by atoms with Gasteiger partial charge in [-0.25, -0.2) is 0 Å². The Hall–Kier alpha value is -2.76. The minimum absolute atomic E-state index is 0. The Bertz CT molecular complexity index is 2290. The molecule has 0 amide bonds. The molecule has 0 atom stereocenters. The fourth-order valence-corrected chi connectivity index (χ4v) is 5.55. The largest absolute Gasteiger partial charge is 0.295 e. The van der Waals surface area contributed by atoms with E-state index in [4.69, 9.17) is 0 Å². The molecule has 5 rings (SSSR count). The zero-order valence-electron chi connectivity index (χ0n) is 22.1. The number of hydrogen-bond acceptors (Lipinski definition) is 10. The van der Waals surface area contributed by atoms with Crippen LogP contribution in [-0.2, 0) is 20.2 Å². The Morgan fingerprint density at radius 3 is 1.43 bits per heavy atom. The molecule has 0 spiro atoms. The summed E-state index contributed by atoms with van der Waals surface area (Å²) in [6.45, 7) is 0. The van der Waals surface area contributed by atoms with Crippen molar-refractivity contribution >= 4 is 112 Å². The third kappa shape index (κ3) is 6.89. The first kappa shape index (κ1) is 33.7. The van der Waals surface area contributed by atoms with E-state index in [1.54, 1.807) is 36.4 Å². The van der Waals surface area contributed by atoms with Gasteiger partial charge in [0.15, 0.2) is 5.36 Å². The maximum Gasteiger partial charge on any atom is 0.295 e. The van der Waals surface area contributed by atoms with Crippen molar-refractivity contribution in [3.05, 3.63) is 116 Å². The molecular formula is C26H18N4Na2O8S2. The van der Waals surface area contributed by atoms with Crippen molar-refractivity contribution in [2.45, 2.75) is 9.79 Å². The summed E-state index contributed by atoms with van der Waals surface area (Å²) in [5.41, 5.74) is 4.40. The van der Waals surface area contributed by atoms with Gasteiger partial charge in [0.1, 0.15) is 15.1 Å². The van der Waals surface area contributed by atoms with E-state index in [2.05, 4.69) is 21.1 Å². The second kappa shape index (κ2) is 13.3. The van der Waals surface area contributed by atoms with Crippen LogP contribution in [0.15, 0.2) is 115 Å². The first-order chi connectivity index (χ1) is 18.9. The summed E-state index contributed by atoms with van der Waals surface area (Å²) in [6.07, 6.45) is 0. The van der Waals surface area contributed by atoms with Crippen LogP contribution in [0, 0.1) is 0 Å². The standard InChI is InChI=1S/C26H18N4O8S2.2Na/c31-22-12-9-21(29-27-19-10-13-23(39(33,34)35)17-7-3-1-5-15(17)19)26(32)25(22)30-28-20-11-14-24(40(36,37)38)18-8-4-2-6-16(18)20;;/h1-14,27-28H,(H,33,34,35)(H,36,37,38);;. The smallest absolute Gasteiger partial charge is 0.287 e. The van der Waals surface area contributed by atoms with Crippen LogP contribution in [0.3, 0.4) is 0 Å². The molecule has 204 valence electrons. The van der Waals surface area contributed by atoms with Crippen LogP contribution < -0.4 is 32.4 Å². The number of nitrogens with one attached hydrogen (secondary N) is 2. The van der Waals surface area contributed by atoms with Crippen LogP contribution in [0.25, 0.3) is 21.5 Å². The summed E-state index contributed by atoms with van der Waals surface area (Å²) >= 11 is 0. The van der Waals surface area contributed by atoms with Crippen molar-refractivity contribution < 1.29 is 25.9 Å². The fraction of sp³-hybridized carbons (Fsp3) is 0. The molecule has 5 aromatic carbocycles. The predicted octanol–water partition coefficient (Wildman–Crippen LogP) is 1.18. The van der Waals surface area contributed by atoms with E-state index < -0.39 is 36.5 Å². The molecule has 0 aliphatic rings. The third-order valence-electron chi connectivity index (χ3n) is 5.98. The zero-order chi connectivity index (χ0) is 28.7. The molecule has 2 radical (unpaired) electrons. The number of anilines is 2. The van der Waals surface area contributed by atoms with E-state index >= 15 is 0 Å². The van der Waals surface area contributed by atoms with Crippen LogP contribution in [0.2, 0.25) is 0 Å². The molecule has 0 heterocycles. The van der Waals surface area contributed by atoms with Crippen LogP contribution in [-0.4, -0.2) is 85.1 Å². The second-order valence-corrected chi connectivity index (χ2v) is 11.3. The maximum absolute atomic E-state index is 13.0. The third-order valence-corrected chi connectivity index (χ3v) is 7.81. The van der Waals surface area contributed by atoms with Crippen molar-refractivity contribution in [1.29, 1.82) is 0 Å². The Labute approximate surface area is 282 Å². The van der Waals surface area contributed by atoms with Gasteiger partial charge < -0.3 is 0 Å². The first-order valence-corrected chi connectivity index (χ1v) is 14.3. The van der Waals surface area contributed by atoms with Crippen molar-refractivity contribution in [3.8, 4) is 0 Å². The van der Waals surface area contributed by atoms with Crippen molar-refractivity contribution in [2.24, 2.45) is 10.2 Å². The monoisotopic (exact) mass is 624 g/mol.